The van der Waals surface area contributed by atoms with Gasteiger partial charge in [0.25, 0.3) is 0 Å². The number of benzene rings is 1. The van der Waals surface area contributed by atoms with Crippen LogP contribution in [0.1, 0.15) is 36.8 Å². The Labute approximate surface area is 120 Å². The van der Waals surface area contributed by atoms with Crippen LogP contribution >= 0.6 is 0 Å². The van der Waals surface area contributed by atoms with E-state index in [4.69, 9.17) is 5.26 Å². The van der Waals surface area contributed by atoms with Gasteiger partial charge in [-0.2, -0.15) is 5.26 Å². The molecule has 0 amide bonds. The molecular weight excluding hydrogens is 246 g/mol. The molecule has 0 bridgehead atoms. The van der Waals surface area contributed by atoms with E-state index < -0.39 is 0 Å². The standard InChI is InChI=1S/C17H21N3/c18-12-14-5-6-17-16(11-14)15(13-19-17)7-10-20-8-3-1-2-4-9-20/h5-6,11,13,19H,1-4,7-10H2. The minimum Gasteiger partial charge on any atom is -0.361 e. The van der Waals surface area contributed by atoms with E-state index in [1.807, 2.05) is 18.2 Å². The van der Waals surface area contributed by atoms with Gasteiger partial charge in [-0.05, 0) is 56.1 Å². The summed E-state index contributed by atoms with van der Waals surface area (Å²) in [5, 5.41) is 10.2. The van der Waals surface area contributed by atoms with Crippen molar-refractivity contribution in [3.63, 3.8) is 0 Å². The van der Waals surface area contributed by atoms with Crippen molar-refractivity contribution in [2.24, 2.45) is 0 Å². The fourth-order valence-corrected chi connectivity index (χ4v) is 3.09. The Balaban J connectivity index is 1.72. The molecule has 3 rings (SSSR count). The molecule has 1 aromatic carbocycles. The number of aromatic nitrogens is 1. The third-order valence-electron chi connectivity index (χ3n) is 4.29. The first-order valence-corrected chi connectivity index (χ1v) is 7.59. The minimum absolute atomic E-state index is 0.744. The molecule has 0 unspecified atom stereocenters. The summed E-state index contributed by atoms with van der Waals surface area (Å²) in [6, 6.07) is 8.10. The van der Waals surface area contributed by atoms with Crippen LogP contribution in [0.4, 0.5) is 0 Å². The maximum absolute atomic E-state index is 9.02. The van der Waals surface area contributed by atoms with E-state index in [2.05, 4.69) is 22.1 Å². The molecule has 0 saturated carbocycles. The average molecular weight is 267 g/mol. The number of rotatable bonds is 3. The molecule has 1 aliphatic rings. The first-order chi connectivity index (χ1) is 9.86. The second kappa shape index (κ2) is 6.11. The highest BCUT2D eigenvalue weighted by Gasteiger charge is 2.10. The molecule has 1 N–H and O–H groups in total. The van der Waals surface area contributed by atoms with Gasteiger partial charge in [0.05, 0.1) is 11.6 Å². The van der Waals surface area contributed by atoms with Crippen molar-refractivity contribution >= 4 is 10.9 Å². The van der Waals surface area contributed by atoms with Crippen molar-refractivity contribution < 1.29 is 0 Å². The first-order valence-electron chi connectivity index (χ1n) is 7.59. The Morgan fingerprint density at radius 2 is 1.95 bits per heavy atom. The molecule has 0 spiro atoms. The van der Waals surface area contributed by atoms with Crippen LogP contribution in [0.3, 0.4) is 0 Å². The third-order valence-corrected chi connectivity index (χ3v) is 4.29. The maximum Gasteiger partial charge on any atom is 0.0991 e. The smallest absolute Gasteiger partial charge is 0.0991 e. The number of nitrogens with zero attached hydrogens (tertiary/aromatic N) is 2. The van der Waals surface area contributed by atoms with Gasteiger partial charge in [0.2, 0.25) is 0 Å². The van der Waals surface area contributed by atoms with Crippen molar-refractivity contribution in [3.05, 3.63) is 35.5 Å². The maximum atomic E-state index is 9.02. The van der Waals surface area contributed by atoms with Crippen molar-refractivity contribution in [3.8, 4) is 6.07 Å². The summed E-state index contributed by atoms with van der Waals surface area (Å²) in [6.07, 6.45) is 8.61. The van der Waals surface area contributed by atoms with Crippen molar-refractivity contribution in [1.29, 1.82) is 5.26 Å². The summed E-state index contributed by atoms with van der Waals surface area (Å²) in [7, 11) is 0. The zero-order chi connectivity index (χ0) is 13.8. The summed E-state index contributed by atoms with van der Waals surface area (Å²) in [4.78, 5) is 5.89. The normalized spacial score (nSPS) is 16.9. The van der Waals surface area contributed by atoms with Crippen LogP contribution in [0, 0.1) is 11.3 Å². The van der Waals surface area contributed by atoms with E-state index in [1.54, 1.807) is 0 Å². The average Bonchev–Trinajstić information content (AvgIpc) is 2.70. The van der Waals surface area contributed by atoms with Gasteiger partial charge >= 0.3 is 0 Å². The topological polar surface area (TPSA) is 42.8 Å². The molecule has 1 fully saturated rings. The Hall–Kier alpha value is -1.79. The summed E-state index contributed by atoms with van der Waals surface area (Å²) < 4.78 is 0. The van der Waals surface area contributed by atoms with Crippen LogP contribution in [0.5, 0.6) is 0 Å². The Morgan fingerprint density at radius 3 is 2.70 bits per heavy atom. The monoisotopic (exact) mass is 267 g/mol. The number of aromatic amines is 1. The first kappa shape index (κ1) is 13.2. The van der Waals surface area contributed by atoms with Crippen molar-refractivity contribution in [1.82, 2.24) is 9.88 Å². The van der Waals surface area contributed by atoms with Crippen LogP contribution in [-0.2, 0) is 6.42 Å². The Bertz CT molecular complexity index is 613. The van der Waals surface area contributed by atoms with E-state index >= 15 is 0 Å². The number of fused-ring (bicyclic) bond motifs is 1. The number of likely N-dealkylation sites (tertiary alicyclic amines) is 1. The second-order valence-corrected chi connectivity index (χ2v) is 5.69. The van der Waals surface area contributed by atoms with Crippen LogP contribution in [0.2, 0.25) is 0 Å². The lowest BCUT2D eigenvalue weighted by Crippen LogP contribution is -2.26. The highest BCUT2D eigenvalue weighted by Crippen LogP contribution is 2.21. The van der Waals surface area contributed by atoms with E-state index in [-0.39, 0.29) is 0 Å². The van der Waals surface area contributed by atoms with Gasteiger partial charge in [-0.1, -0.05) is 12.8 Å². The van der Waals surface area contributed by atoms with Gasteiger partial charge in [0, 0.05) is 23.6 Å². The quantitative estimate of drug-likeness (QED) is 0.925. The molecule has 104 valence electrons. The summed E-state index contributed by atoms with van der Waals surface area (Å²) in [6.45, 7) is 3.61. The van der Waals surface area contributed by atoms with Gasteiger partial charge in [0.1, 0.15) is 0 Å². The lowest BCUT2D eigenvalue weighted by Gasteiger charge is -2.19. The third kappa shape index (κ3) is 2.86. The van der Waals surface area contributed by atoms with E-state index in [1.165, 1.54) is 49.7 Å². The SMILES string of the molecule is N#Cc1ccc2[nH]cc(CCN3CCCCCC3)c2c1. The van der Waals surface area contributed by atoms with Gasteiger partial charge in [-0.3, -0.25) is 0 Å². The zero-order valence-corrected chi connectivity index (χ0v) is 11.9. The van der Waals surface area contributed by atoms with E-state index in [9.17, 15) is 0 Å². The van der Waals surface area contributed by atoms with Crippen molar-refractivity contribution in [2.45, 2.75) is 32.1 Å². The number of hydrogen-bond acceptors (Lipinski definition) is 2. The molecule has 0 aliphatic carbocycles. The highest BCUT2D eigenvalue weighted by atomic mass is 15.1. The fourth-order valence-electron chi connectivity index (χ4n) is 3.09. The van der Waals surface area contributed by atoms with E-state index in [0.717, 1.165) is 24.0 Å². The molecule has 2 aromatic rings. The lowest BCUT2D eigenvalue weighted by molar-refractivity contribution is 0.289. The van der Waals surface area contributed by atoms with Crippen molar-refractivity contribution in [2.75, 3.05) is 19.6 Å². The lowest BCUT2D eigenvalue weighted by atomic mass is 10.1. The molecule has 1 aromatic heterocycles. The predicted molar refractivity (Wildman–Crippen MR) is 81.6 cm³/mol. The molecule has 1 saturated heterocycles. The largest absolute Gasteiger partial charge is 0.361 e. The molecule has 20 heavy (non-hydrogen) atoms. The molecular formula is C17H21N3. The van der Waals surface area contributed by atoms with Gasteiger partial charge in [-0.15, -0.1) is 0 Å². The van der Waals surface area contributed by atoms with E-state index in [0.29, 0.717) is 0 Å². The molecule has 2 heterocycles. The predicted octanol–water partition coefficient (Wildman–Crippen LogP) is 3.46. The fraction of sp³-hybridized carbons (Fsp3) is 0.471. The number of nitriles is 1. The Kier molecular flexibility index (Phi) is 4.03. The molecule has 1 aliphatic heterocycles. The van der Waals surface area contributed by atoms with Crippen LogP contribution in [0.15, 0.2) is 24.4 Å². The number of nitrogens with one attached hydrogen (secondary N) is 1. The summed E-state index contributed by atoms with van der Waals surface area (Å²) in [5.41, 5.74) is 3.21. The number of H-pyrrole nitrogens is 1. The zero-order valence-electron chi connectivity index (χ0n) is 11.9. The molecule has 0 atom stereocenters. The Morgan fingerprint density at radius 1 is 1.15 bits per heavy atom. The van der Waals surface area contributed by atoms with Crippen LogP contribution < -0.4 is 0 Å². The highest BCUT2D eigenvalue weighted by molar-refractivity contribution is 5.84. The minimum atomic E-state index is 0.744. The second-order valence-electron chi connectivity index (χ2n) is 5.69. The van der Waals surface area contributed by atoms with Gasteiger partial charge in [0.15, 0.2) is 0 Å². The molecule has 0 radical (unpaired) electrons. The molecule has 3 nitrogen and oxygen atoms in total. The van der Waals surface area contributed by atoms with Crippen LogP contribution in [0.25, 0.3) is 10.9 Å². The van der Waals surface area contributed by atoms with Gasteiger partial charge < -0.3 is 9.88 Å². The molecule has 3 heteroatoms. The number of hydrogen-bond donors (Lipinski definition) is 1. The summed E-state index contributed by atoms with van der Waals surface area (Å²) in [5.74, 6) is 0. The van der Waals surface area contributed by atoms with Gasteiger partial charge in [-0.25, -0.2) is 0 Å². The summed E-state index contributed by atoms with van der Waals surface area (Å²) >= 11 is 0. The van der Waals surface area contributed by atoms with Crippen LogP contribution in [-0.4, -0.2) is 29.5 Å².